The second-order valence-electron chi connectivity index (χ2n) is 7.05. The predicted molar refractivity (Wildman–Crippen MR) is 101 cm³/mol. The quantitative estimate of drug-likeness (QED) is 0.760. The van der Waals surface area contributed by atoms with Crippen molar-refractivity contribution in [2.45, 2.75) is 37.6 Å². The highest BCUT2D eigenvalue weighted by molar-refractivity contribution is 9.10. The summed E-state index contributed by atoms with van der Waals surface area (Å²) in [6.07, 6.45) is 4.74. The van der Waals surface area contributed by atoms with E-state index in [0.717, 1.165) is 25.6 Å². The minimum Gasteiger partial charge on any atom is -0.355 e. The Morgan fingerprint density at radius 2 is 2.00 bits per heavy atom. The minimum absolute atomic E-state index is 0.0221. The zero-order valence-corrected chi connectivity index (χ0v) is 17.0. The van der Waals surface area contributed by atoms with Gasteiger partial charge < -0.3 is 4.90 Å². The second kappa shape index (κ2) is 7.55. The van der Waals surface area contributed by atoms with E-state index in [0.29, 0.717) is 35.5 Å². The number of halogens is 3. The Morgan fingerprint density at radius 1 is 1.31 bits per heavy atom. The van der Waals surface area contributed by atoms with Gasteiger partial charge in [0.2, 0.25) is 10.0 Å². The van der Waals surface area contributed by atoms with E-state index >= 15 is 0 Å². The van der Waals surface area contributed by atoms with E-state index in [2.05, 4.69) is 25.6 Å². The van der Waals surface area contributed by atoms with Crippen molar-refractivity contribution in [3.8, 4) is 0 Å². The van der Waals surface area contributed by atoms with Gasteiger partial charge in [0.25, 0.3) is 5.92 Å². The number of nitrogens with zero attached hydrogens (tertiary/aromatic N) is 3. The lowest BCUT2D eigenvalue weighted by Gasteiger charge is -2.42. The van der Waals surface area contributed by atoms with E-state index in [1.54, 1.807) is 12.3 Å². The monoisotopic (exact) mass is 452 g/mol. The number of rotatable bonds is 4. The van der Waals surface area contributed by atoms with Crippen LogP contribution in [0.15, 0.2) is 16.7 Å². The maximum absolute atomic E-state index is 13.7. The molecule has 0 aromatic carbocycles. The highest BCUT2D eigenvalue weighted by Gasteiger charge is 2.38. The summed E-state index contributed by atoms with van der Waals surface area (Å²) in [5, 5.41) is 0. The van der Waals surface area contributed by atoms with Gasteiger partial charge >= 0.3 is 0 Å². The molecule has 2 saturated heterocycles. The summed E-state index contributed by atoms with van der Waals surface area (Å²) >= 11 is 3.31. The number of alkyl halides is 2. The van der Waals surface area contributed by atoms with Crippen molar-refractivity contribution in [1.29, 1.82) is 0 Å². The van der Waals surface area contributed by atoms with E-state index in [4.69, 9.17) is 0 Å². The summed E-state index contributed by atoms with van der Waals surface area (Å²) < 4.78 is 53.7. The highest BCUT2D eigenvalue weighted by atomic mass is 79.9. The first-order valence-corrected chi connectivity index (χ1v) is 11.3. The molecular formula is C16H23BrF2N4O2S. The van der Waals surface area contributed by atoms with Crippen LogP contribution in [0.3, 0.4) is 0 Å². The molecule has 6 nitrogen and oxygen atoms in total. The van der Waals surface area contributed by atoms with Gasteiger partial charge in [-0.2, -0.15) is 0 Å². The zero-order chi connectivity index (χ0) is 18.9. The molecule has 0 atom stereocenters. The standard InChI is InChI=1S/C16H23BrF2N4O2S/c1-26(24,25)21-14-9-12(17)10-20-15(14)22-7-3-13(4-8-22)23-6-2-5-16(18,19)11-23/h9-10,13,21H,2-8,11H2,1H3. The summed E-state index contributed by atoms with van der Waals surface area (Å²) in [7, 11) is -3.43. The normalized spacial score (nSPS) is 22.4. The van der Waals surface area contributed by atoms with Gasteiger partial charge in [0.05, 0.1) is 18.5 Å². The van der Waals surface area contributed by atoms with Gasteiger partial charge in [-0.1, -0.05) is 0 Å². The van der Waals surface area contributed by atoms with Crippen molar-refractivity contribution < 1.29 is 17.2 Å². The van der Waals surface area contributed by atoms with Crippen LogP contribution in [-0.4, -0.2) is 62.7 Å². The third-order valence-corrected chi connectivity index (χ3v) is 5.86. The number of nitrogens with one attached hydrogen (secondary N) is 1. The Balaban J connectivity index is 1.68. The number of piperidine rings is 2. The number of aromatic nitrogens is 1. The van der Waals surface area contributed by atoms with Crippen molar-refractivity contribution in [2.75, 3.05) is 42.1 Å². The lowest BCUT2D eigenvalue weighted by molar-refractivity contribution is -0.0771. The van der Waals surface area contributed by atoms with Crippen molar-refractivity contribution in [3.05, 3.63) is 16.7 Å². The molecule has 2 aliphatic rings. The van der Waals surface area contributed by atoms with Crippen molar-refractivity contribution in [2.24, 2.45) is 0 Å². The lowest BCUT2D eigenvalue weighted by Crippen LogP contribution is -2.51. The van der Waals surface area contributed by atoms with Crippen LogP contribution in [0.25, 0.3) is 0 Å². The van der Waals surface area contributed by atoms with Crippen LogP contribution in [-0.2, 0) is 10.0 Å². The van der Waals surface area contributed by atoms with E-state index in [-0.39, 0.29) is 19.0 Å². The molecule has 0 aliphatic carbocycles. The molecule has 0 bridgehead atoms. The molecule has 2 fully saturated rings. The van der Waals surface area contributed by atoms with Crippen LogP contribution in [0.4, 0.5) is 20.3 Å². The zero-order valence-electron chi connectivity index (χ0n) is 14.6. The SMILES string of the molecule is CS(=O)(=O)Nc1cc(Br)cnc1N1CCC(N2CCCC(F)(F)C2)CC1. The maximum atomic E-state index is 13.7. The van der Waals surface area contributed by atoms with Crippen LogP contribution in [0.1, 0.15) is 25.7 Å². The molecule has 0 radical (unpaired) electrons. The van der Waals surface area contributed by atoms with Crippen LogP contribution in [0.2, 0.25) is 0 Å². The maximum Gasteiger partial charge on any atom is 0.260 e. The topological polar surface area (TPSA) is 65.5 Å². The first-order chi connectivity index (χ1) is 12.1. The smallest absolute Gasteiger partial charge is 0.260 e. The molecule has 0 amide bonds. The Labute approximate surface area is 161 Å². The molecular weight excluding hydrogens is 430 g/mol. The van der Waals surface area contributed by atoms with E-state index < -0.39 is 15.9 Å². The van der Waals surface area contributed by atoms with Gasteiger partial charge in [-0.3, -0.25) is 9.62 Å². The highest BCUT2D eigenvalue weighted by Crippen LogP contribution is 2.33. The molecule has 26 heavy (non-hydrogen) atoms. The van der Waals surface area contributed by atoms with Gasteiger partial charge in [-0.25, -0.2) is 22.2 Å². The average Bonchev–Trinajstić information content (AvgIpc) is 2.53. The minimum atomic E-state index is -3.43. The molecule has 1 N–H and O–H groups in total. The van der Waals surface area contributed by atoms with Crippen LogP contribution < -0.4 is 9.62 Å². The second-order valence-corrected chi connectivity index (χ2v) is 9.71. The molecule has 146 valence electrons. The summed E-state index contributed by atoms with van der Waals surface area (Å²) in [6, 6.07) is 1.82. The predicted octanol–water partition coefficient (Wildman–Crippen LogP) is 2.92. The summed E-state index contributed by atoms with van der Waals surface area (Å²) in [5.74, 6) is -2.02. The fourth-order valence-electron chi connectivity index (χ4n) is 3.71. The Bertz CT molecular complexity index is 755. The first kappa shape index (κ1) is 19.8. The summed E-state index contributed by atoms with van der Waals surface area (Å²) in [6.45, 7) is 1.87. The van der Waals surface area contributed by atoms with Gasteiger partial charge in [-0.05, 0) is 47.8 Å². The van der Waals surface area contributed by atoms with Crippen LogP contribution in [0.5, 0.6) is 0 Å². The average molecular weight is 453 g/mol. The van der Waals surface area contributed by atoms with Crippen molar-refractivity contribution in [3.63, 3.8) is 0 Å². The van der Waals surface area contributed by atoms with Crippen molar-refractivity contribution in [1.82, 2.24) is 9.88 Å². The van der Waals surface area contributed by atoms with Crippen LogP contribution >= 0.6 is 15.9 Å². The molecule has 1 aromatic rings. The van der Waals surface area contributed by atoms with Gasteiger partial charge in [0, 0.05) is 36.2 Å². The molecule has 2 aliphatic heterocycles. The summed E-state index contributed by atoms with van der Waals surface area (Å²) in [4.78, 5) is 8.29. The molecule has 0 saturated carbocycles. The number of sulfonamides is 1. The third kappa shape index (κ3) is 5.04. The Hall–Kier alpha value is -1.00. The molecule has 0 unspecified atom stereocenters. The van der Waals surface area contributed by atoms with Gasteiger partial charge in [0.15, 0.2) is 5.82 Å². The van der Waals surface area contributed by atoms with Gasteiger partial charge in [-0.15, -0.1) is 0 Å². The summed E-state index contributed by atoms with van der Waals surface area (Å²) in [5.41, 5.74) is 0.421. The van der Waals surface area contributed by atoms with Crippen molar-refractivity contribution >= 4 is 37.5 Å². The number of likely N-dealkylation sites (tertiary alicyclic amines) is 1. The van der Waals surface area contributed by atoms with E-state index in [9.17, 15) is 17.2 Å². The lowest BCUT2D eigenvalue weighted by atomic mass is 9.98. The largest absolute Gasteiger partial charge is 0.355 e. The molecule has 3 rings (SSSR count). The first-order valence-electron chi connectivity index (χ1n) is 8.63. The van der Waals surface area contributed by atoms with E-state index in [1.165, 1.54) is 0 Å². The number of pyridine rings is 1. The fourth-order valence-corrected chi connectivity index (χ4v) is 4.59. The fraction of sp³-hybridized carbons (Fsp3) is 0.688. The third-order valence-electron chi connectivity index (χ3n) is 4.83. The molecule has 3 heterocycles. The number of hydrogen-bond acceptors (Lipinski definition) is 5. The molecule has 0 spiro atoms. The van der Waals surface area contributed by atoms with Crippen LogP contribution in [0, 0.1) is 0 Å². The van der Waals surface area contributed by atoms with Gasteiger partial charge in [0.1, 0.15) is 0 Å². The number of anilines is 2. The molecule has 10 heteroatoms. The molecule has 1 aromatic heterocycles. The number of hydrogen-bond donors (Lipinski definition) is 1. The Kier molecular flexibility index (Phi) is 5.74. The Morgan fingerprint density at radius 3 is 2.62 bits per heavy atom. The van der Waals surface area contributed by atoms with E-state index in [1.807, 2.05) is 9.80 Å².